The minimum absolute atomic E-state index is 0.265. The van der Waals surface area contributed by atoms with Crippen LogP contribution in [0, 0.1) is 0 Å². The Balaban J connectivity index is 2.43. The Hall–Kier alpha value is 0.0349. The molecule has 5 heteroatoms. The van der Waals surface area contributed by atoms with Crippen molar-refractivity contribution < 1.29 is 13.5 Å². The first kappa shape index (κ1) is 15.1. The van der Waals surface area contributed by atoms with E-state index in [9.17, 15) is 0 Å². The van der Waals surface area contributed by atoms with Crippen molar-refractivity contribution >= 4 is 17.4 Å². The summed E-state index contributed by atoms with van der Waals surface area (Å²) in [6, 6.07) is 0. The van der Waals surface area contributed by atoms with Crippen molar-refractivity contribution in [2.24, 2.45) is 0 Å². The lowest BCUT2D eigenvalue weighted by Crippen LogP contribution is -2.41. The first-order valence-corrected chi connectivity index (χ1v) is 8.67. The normalized spacial score (nSPS) is 24.5. The van der Waals surface area contributed by atoms with E-state index in [-0.39, 0.29) is 18.3 Å². The quantitative estimate of drug-likeness (QED) is 0.727. The summed E-state index contributed by atoms with van der Waals surface area (Å²) in [7, 11) is -1.16. The molecule has 0 spiro atoms. The molecule has 1 aliphatic rings. The molecule has 0 amide bonds. The first-order chi connectivity index (χ1) is 7.54. The summed E-state index contributed by atoms with van der Waals surface area (Å²) >= 11 is 0. The molecule has 1 saturated heterocycles. The minimum atomic E-state index is -0.898. The first-order valence-electron chi connectivity index (χ1n) is 5.88. The SMILES string of the molecule is CC1(C)OB(/C=C/COS(C)(C)C)OC1(C)C. The van der Waals surface area contributed by atoms with Gasteiger partial charge in [-0.2, -0.15) is 0 Å². The molecule has 0 unspecified atom stereocenters. The zero-order chi connectivity index (χ0) is 13.3. The molecular formula is C12H25BO3S. The Kier molecular flexibility index (Phi) is 4.40. The van der Waals surface area contributed by atoms with Gasteiger partial charge in [-0.15, -0.1) is 10.3 Å². The van der Waals surface area contributed by atoms with E-state index >= 15 is 0 Å². The minimum Gasteiger partial charge on any atom is -0.400 e. The van der Waals surface area contributed by atoms with E-state index < -0.39 is 10.3 Å². The molecule has 0 aromatic carbocycles. The fourth-order valence-electron chi connectivity index (χ4n) is 1.38. The van der Waals surface area contributed by atoms with E-state index in [1.165, 1.54) is 0 Å². The molecule has 0 aromatic rings. The summed E-state index contributed by atoms with van der Waals surface area (Å²) < 4.78 is 17.4. The smallest absolute Gasteiger partial charge is 0.400 e. The molecule has 1 heterocycles. The molecule has 1 aliphatic heterocycles. The third-order valence-corrected chi connectivity index (χ3v) is 3.93. The summed E-state index contributed by atoms with van der Waals surface area (Å²) in [5.41, 5.74) is -0.531. The Morgan fingerprint density at radius 1 is 1.06 bits per heavy atom. The van der Waals surface area contributed by atoms with Crippen molar-refractivity contribution in [3.8, 4) is 0 Å². The van der Waals surface area contributed by atoms with Crippen molar-refractivity contribution in [3.63, 3.8) is 0 Å². The lowest BCUT2D eigenvalue weighted by Gasteiger charge is -2.32. The van der Waals surface area contributed by atoms with Crippen LogP contribution in [0.4, 0.5) is 0 Å². The van der Waals surface area contributed by atoms with Gasteiger partial charge in [0.15, 0.2) is 0 Å². The van der Waals surface area contributed by atoms with Gasteiger partial charge in [-0.05, 0) is 46.5 Å². The van der Waals surface area contributed by atoms with Gasteiger partial charge in [0.25, 0.3) is 0 Å². The van der Waals surface area contributed by atoms with Crippen LogP contribution in [0.25, 0.3) is 0 Å². The zero-order valence-corrected chi connectivity index (χ0v) is 12.9. The van der Waals surface area contributed by atoms with Crippen molar-refractivity contribution in [2.45, 2.75) is 38.9 Å². The predicted octanol–water partition coefficient (Wildman–Crippen LogP) is 2.80. The molecule has 0 aliphatic carbocycles. The van der Waals surface area contributed by atoms with E-state index in [2.05, 4.69) is 46.5 Å². The third-order valence-electron chi connectivity index (χ3n) is 3.08. The third kappa shape index (κ3) is 4.32. The molecule has 0 radical (unpaired) electrons. The number of rotatable bonds is 4. The monoisotopic (exact) mass is 260 g/mol. The Morgan fingerprint density at radius 2 is 1.53 bits per heavy atom. The van der Waals surface area contributed by atoms with E-state index in [4.69, 9.17) is 13.5 Å². The van der Waals surface area contributed by atoms with Crippen LogP contribution in [-0.4, -0.2) is 43.7 Å². The molecule has 1 fully saturated rings. The summed E-state index contributed by atoms with van der Waals surface area (Å²) in [5, 5.41) is 0. The maximum absolute atomic E-state index is 5.84. The van der Waals surface area contributed by atoms with Gasteiger partial charge in [0.05, 0.1) is 17.8 Å². The van der Waals surface area contributed by atoms with Crippen molar-refractivity contribution in [1.82, 2.24) is 0 Å². The largest absolute Gasteiger partial charge is 0.486 e. The van der Waals surface area contributed by atoms with Crippen LogP contribution in [0.1, 0.15) is 27.7 Å². The van der Waals surface area contributed by atoms with Gasteiger partial charge in [0, 0.05) is 0 Å². The van der Waals surface area contributed by atoms with E-state index in [1.807, 2.05) is 12.1 Å². The van der Waals surface area contributed by atoms with Gasteiger partial charge < -0.3 is 13.5 Å². The Morgan fingerprint density at radius 3 is 1.94 bits per heavy atom. The molecule has 0 atom stereocenters. The molecule has 100 valence electrons. The van der Waals surface area contributed by atoms with Crippen LogP contribution >= 0.6 is 10.3 Å². The second-order valence-electron chi connectivity index (χ2n) is 6.06. The maximum Gasteiger partial charge on any atom is 0.486 e. The van der Waals surface area contributed by atoms with Gasteiger partial charge in [-0.3, -0.25) is 0 Å². The fraction of sp³-hybridized carbons (Fsp3) is 0.833. The van der Waals surface area contributed by atoms with E-state index in [0.717, 1.165) is 0 Å². The lowest BCUT2D eigenvalue weighted by molar-refractivity contribution is 0.00578. The summed E-state index contributed by atoms with van der Waals surface area (Å²) in [6.45, 7) is 8.82. The van der Waals surface area contributed by atoms with Crippen LogP contribution in [0.2, 0.25) is 0 Å². The number of hydrogen-bond donors (Lipinski definition) is 0. The summed E-state index contributed by atoms with van der Waals surface area (Å²) in [4.78, 5) is 0. The fourth-order valence-corrected chi connectivity index (χ4v) is 1.86. The average molecular weight is 260 g/mol. The Bertz CT molecular complexity index is 279. The number of hydrogen-bond acceptors (Lipinski definition) is 3. The second-order valence-corrected chi connectivity index (χ2v) is 9.75. The highest BCUT2D eigenvalue weighted by Crippen LogP contribution is 2.37. The predicted molar refractivity (Wildman–Crippen MR) is 76.5 cm³/mol. The highest BCUT2D eigenvalue weighted by molar-refractivity contribution is 8.28. The molecule has 0 aromatic heterocycles. The molecule has 1 rings (SSSR count). The highest BCUT2D eigenvalue weighted by Gasteiger charge is 2.49. The lowest BCUT2D eigenvalue weighted by atomic mass is 9.90. The van der Waals surface area contributed by atoms with Gasteiger partial charge in [0.1, 0.15) is 0 Å². The molecular weight excluding hydrogens is 235 g/mol. The molecule has 17 heavy (non-hydrogen) atoms. The average Bonchev–Trinajstić information content (AvgIpc) is 2.28. The van der Waals surface area contributed by atoms with Gasteiger partial charge in [-0.25, -0.2) is 0 Å². The molecule has 0 saturated carbocycles. The van der Waals surface area contributed by atoms with Gasteiger partial charge in [0.2, 0.25) is 0 Å². The van der Waals surface area contributed by atoms with Gasteiger partial charge >= 0.3 is 7.12 Å². The van der Waals surface area contributed by atoms with Crippen LogP contribution < -0.4 is 0 Å². The second kappa shape index (κ2) is 4.96. The Labute approximate surface area is 108 Å². The van der Waals surface area contributed by atoms with Gasteiger partial charge in [-0.1, -0.05) is 12.1 Å². The molecule has 3 nitrogen and oxygen atoms in total. The van der Waals surface area contributed by atoms with Crippen LogP contribution in [0.15, 0.2) is 12.1 Å². The van der Waals surface area contributed by atoms with Crippen LogP contribution in [0.3, 0.4) is 0 Å². The molecule has 0 bridgehead atoms. The van der Waals surface area contributed by atoms with E-state index in [0.29, 0.717) is 6.61 Å². The van der Waals surface area contributed by atoms with E-state index in [1.54, 1.807) is 0 Å². The summed E-state index contributed by atoms with van der Waals surface area (Å²) in [5.74, 6) is 1.93. The highest BCUT2D eigenvalue weighted by atomic mass is 32.3. The maximum atomic E-state index is 5.84. The molecule has 0 N–H and O–H groups in total. The van der Waals surface area contributed by atoms with Crippen LogP contribution in [-0.2, 0) is 13.5 Å². The van der Waals surface area contributed by atoms with Crippen molar-refractivity contribution in [1.29, 1.82) is 0 Å². The summed E-state index contributed by atoms with van der Waals surface area (Å²) in [6.07, 6.45) is 8.33. The zero-order valence-electron chi connectivity index (χ0n) is 12.1. The standard InChI is InChI=1S/C12H25BO3S/c1-11(2)12(3,4)16-13(15-11)9-8-10-14-17(5,6)7/h8-9H,10H2,1-7H3/b9-8+. The van der Waals surface area contributed by atoms with Crippen molar-refractivity contribution in [2.75, 3.05) is 25.4 Å². The topological polar surface area (TPSA) is 27.7 Å². The van der Waals surface area contributed by atoms with Crippen molar-refractivity contribution in [3.05, 3.63) is 12.1 Å². The van der Waals surface area contributed by atoms with Crippen LogP contribution in [0.5, 0.6) is 0 Å².